The van der Waals surface area contributed by atoms with E-state index in [1.807, 2.05) is 111 Å². The van der Waals surface area contributed by atoms with E-state index in [0.29, 0.717) is 32.4 Å². The van der Waals surface area contributed by atoms with Crippen LogP contribution in [-0.2, 0) is 31.6 Å². The molecule has 0 aliphatic carbocycles. The molecule has 0 radical (unpaired) electrons. The van der Waals surface area contributed by atoms with Crippen LogP contribution in [0.2, 0.25) is 18.1 Å². The lowest BCUT2D eigenvalue weighted by Gasteiger charge is -2.43. The summed E-state index contributed by atoms with van der Waals surface area (Å²) in [6.07, 6.45) is 5.61. The number of hydrogen-bond acceptors (Lipinski definition) is 6. The molecule has 4 atom stereocenters. The molecule has 1 aromatic heterocycles. The minimum absolute atomic E-state index is 0.0826. The molecule has 2 aromatic carbocycles. The van der Waals surface area contributed by atoms with Gasteiger partial charge >= 0.3 is 6.09 Å². The number of benzene rings is 2. The molecule has 1 fully saturated rings. The fraction of sp³-hybridized carbons (Fsp3) is 0.561. The number of carbonyl (C=O) groups excluding carboxylic acids is 3. The van der Waals surface area contributed by atoms with Gasteiger partial charge < -0.3 is 29.3 Å². The number of nitrogens with zero attached hydrogens (tertiary/aromatic N) is 3. The lowest BCUT2D eigenvalue weighted by Crippen LogP contribution is -2.59. The zero-order valence-corrected chi connectivity index (χ0v) is 33.9. The van der Waals surface area contributed by atoms with Crippen LogP contribution in [0.25, 0.3) is 0 Å². The van der Waals surface area contributed by atoms with Gasteiger partial charge in [-0.15, -0.1) is 0 Å². The van der Waals surface area contributed by atoms with Crippen LogP contribution in [0.15, 0.2) is 79.4 Å². The lowest BCUT2D eigenvalue weighted by molar-refractivity contribution is -0.143. The summed E-state index contributed by atoms with van der Waals surface area (Å²) in [4.78, 5) is 47.8. The molecule has 1 aliphatic rings. The second-order valence-corrected chi connectivity index (χ2v) is 21.9. The summed E-state index contributed by atoms with van der Waals surface area (Å²) >= 11 is 0. The van der Waals surface area contributed by atoms with Gasteiger partial charge in [0.15, 0.2) is 8.32 Å². The minimum atomic E-state index is -2.44. The van der Waals surface area contributed by atoms with Gasteiger partial charge in [-0.2, -0.15) is 0 Å². The number of amides is 3. The minimum Gasteiger partial charge on any atom is -0.444 e. The van der Waals surface area contributed by atoms with Crippen LogP contribution in [0.3, 0.4) is 0 Å². The average Bonchev–Trinajstić information content (AvgIpc) is 3.55. The normalized spacial score (nSPS) is 16.4. The molecular weight excluding hydrogens is 671 g/mol. The first kappa shape index (κ1) is 40.8. The van der Waals surface area contributed by atoms with Crippen molar-refractivity contribution in [2.75, 3.05) is 13.1 Å². The Balaban J connectivity index is 1.67. The molecule has 3 amide bonds. The molecule has 4 unspecified atom stereocenters. The van der Waals surface area contributed by atoms with Gasteiger partial charge in [-0.25, -0.2) is 9.78 Å². The smallest absolute Gasteiger partial charge is 0.407 e. The zero-order chi connectivity index (χ0) is 38.3. The topological polar surface area (TPSA) is 115 Å². The molecule has 1 saturated heterocycles. The second kappa shape index (κ2) is 17.2. The SMILES string of the molecule is CC(C)C(NC(=O)C(Cc1ccccc1)CC(O[Si](C)(C)C(C)(C)C)C(Cc1ccccc1)NC(=O)OC(C)(C)C)C(=O)N1CC(n2ccnc2)C1. The van der Waals surface area contributed by atoms with Crippen molar-refractivity contribution in [2.24, 2.45) is 11.8 Å². The zero-order valence-electron chi connectivity index (χ0n) is 32.9. The van der Waals surface area contributed by atoms with Crippen LogP contribution in [-0.4, -0.2) is 77.6 Å². The summed E-state index contributed by atoms with van der Waals surface area (Å²) in [5.41, 5.74) is 1.35. The number of alkyl carbamates (subject to hydrolysis) is 1. The number of rotatable bonds is 15. The van der Waals surface area contributed by atoms with Crippen molar-refractivity contribution in [3.8, 4) is 0 Å². The van der Waals surface area contributed by atoms with Crippen LogP contribution >= 0.6 is 0 Å². The molecule has 52 heavy (non-hydrogen) atoms. The second-order valence-electron chi connectivity index (χ2n) is 17.1. The number of carbonyl (C=O) groups is 3. The molecule has 0 saturated carbocycles. The van der Waals surface area contributed by atoms with Crippen LogP contribution in [0.1, 0.15) is 79.0 Å². The number of nitrogens with one attached hydrogen (secondary N) is 2. The van der Waals surface area contributed by atoms with Gasteiger partial charge in [-0.05, 0) is 75.2 Å². The summed E-state index contributed by atoms with van der Waals surface area (Å²) in [5.74, 6) is -0.969. The van der Waals surface area contributed by atoms with Gasteiger partial charge in [0.05, 0.1) is 24.5 Å². The third-order valence-electron chi connectivity index (χ3n) is 10.3. The molecule has 284 valence electrons. The van der Waals surface area contributed by atoms with Crippen LogP contribution < -0.4 is 10.6 Å². The fourth-order valence-electron chi connectivity index (χ4n) is 6.20. The van der Waals surface area contributed by atoms with E-state index in [4.69, 9.17) is 9.16 Å². The Morgan fingerprint density at radius 2 is 1.46 bits per heavy atom. The van der Waals surface area contributed by atoms with Crippen LogP contribution in [0, 0.1) is 11.8 Å². The van der Waals surface area contributed by atoms with E-state index in [2.05, 4.69) is 49.5 Å². The Morgan fingerprint density at radius 1 is 0.885 bits per heavy atom. The summed E-state index contributed by atoms with van der Waals surface area (Å²) in [6.45, 7) is 21.5. The van der Waals surface area contributed by atoms with Gasteiger partial charge in [0, 0.05) is 31.4 Å². The number of ether oxygens (including phenoxy) is 1. The van der Waals surface area contributed by atoms with E-state index < -0.39 is 44.1 Å². The highest BCUT2D eigenvalue weighted by Gasteiger charge is 2.43. The van der Waals surface area contributed by atoms with Crippen molar-refractivity contribution in [2.45, 2.75) is 123 Å². The van der Waals surface area contributed by atoms with Crippen LogP contribution in [0.4, 0.5) is 4.79 Å². The first-order valence-corrected chi connectivity index (χ1v) is 21.6. The average molecular weight is 732 g/mol. The van der Waals surface area contributed by atoms with E-state index >= 15 is 0 Å². The highest BCUT2D eigenvalue weighted by molar-refractivity contribution is 6.74. The summed E-state index contributed by atoms with van der Waals surface area (Å²) < 4.78 is 15.0. The standard InChI is InChI=1S/C41H61N5O5Si/c1-29(2)36(38(48)46-26-33(27-46)45-22-21-42-28-45)44-37(47)32(23-30-17-13-11-14-18-30)25-35(51-52(9,10)41(6,7)8)34(24-31-19-15-12-16-20-31)43-39(49)50-40(3,4)5/h11-22,28-29,32-36H,23-27H2,1-10H3,(H,43,49)(H,44,47). The van der Waals surface area contributed by atoms with Gasteiger partial charge in [0.2, 0.25) is 11.8 Å². The van der Waals surface area contributed by atoms with Crippen molar-refractivity contribution in [3.63, 3.8) is 0 Å². The predicted octanol–water partition coefficient (Wildman–Crippen LogP) is 7.18. The van der Waals surface area contributed by atoms with Crippen molar-refractivity contribution in [3.05, 3.63) is 90.5 Å². The fourth-order valence-corrected chi connectivity index (χ4v) is 7.58. The Hall–Kier alpha value is -3.96. The molecule has 11 heteroatoms. The molecule has 2 heterocycles. The summed E-state index contributed by atoms with van der Waals surface area (Å²) in [7, 11) is -2.44. The van der Waals surface area contributed by atoms with Crippen molar-refractivity contribution in [1.29, 1.82) is 0 Å². The Kier molecular flexibility index (Phi) is 13.5. The van der Waals surface area contributed by atoms with E-state index in [-0.39, 0.29) is 28.8 Å². The monoisotopic (exact) mass is 731 g/mol. The molecule has 1 aliphatic heterocycles. The van der Waals surface area contributed by atoms with Gasteiger partial charge in [-0.1, -0.05) is 95.3 Å². The van der Waals surface area contributed by atoms with Gasteiger partial charge in [0.25, 0.3) is 0 Å². The highest BCUT2D eigenvalue weighted by atomic mass is 28.4. The maximum atomic E-state index is 14.6. The van der Waals surface area contributed by atoms with Crippen LogP contribution in [0.5, 0.6) is 0 Å². The van der Waals surface area contributed by atoms with Gasteiger partial charge in [-0.3, -0.25) is 9.59 Å². The van der Waals surface area contributed by atoms with Gasteiger partial charge in [0.1, 0.15) is 11.6 Å². The molecule has 0 spiro atoms. The number of imidazole rings is 1. The predicted molar refractivity (Wildman–Crippen MR) is 208 cm³/mol. The summed E-state index contributed by atoms with van der Waals surface area (Å²) in [6, 6.07) is 18.9. The molecule has 0 bridgehead atoms. The molecular formula is C41H61N5O5Si. The number of aromatic nitrogens is 2. The maximum absolute atomic E-state index is 14.6. The Labute approximate surface area is 312 Å². The van der Waals surface area contributed by atoms with Crippen molar-refractivity contribution in [1.82, 2.24) is 25.1 Å². The molecule has 10 nitrogen and oxygen atoms in total. The number of likely N-dealkylation sites (tertiary alicyclic amines) is 1. The summed E-state index contributed by atoms with van der Waals surface area (Å²) in [5, 5.41) is 6.22. The largest absolute Gasteiger partial charge is 0.444 e. The van der Waals surface area contributed by atoms with E-state index in [1.165, 1.54) is 0 Å². The first-order chi connectivity index (χ1) is 24.3. The molecule has 4 rings (SSSR count). The lowest BCUT2D eigenvalue weighted by atomic mass is 9.88. The third-order valence-corrected chi connectivity index (χ3v) is 14.8. The van der Waals surface area contributed by atoms with Crippen molar-refractivity contribution >= 4 is 26.2 Å². The van der Waals surface area contributed by atoms with E-state index in [0.717, 1.165) is 11.1 Å². The quantitative estimate of drug-likeness (QED) is 0.160. The Morgan fingerprint density at radius 3 is 1.96 bits per heavy atom. The van der Waals surface area contributed by atoms with E-state index in [9.17, 15) is 14.4 Å². The number of hydrogen-bond donors (Lipinski definition) is 2. The van der Waals surface area contributed by atoms with Crippen molar-refractivity contribution < 1.29 is 23.5 Å². The maximum Gasteiger partial charge on any atom is 0.407 e. The highest BCUT2D eigenvalue weighted by Crippen LogP contribution is 2.39. The molecule has 2 N–H and O–H groups in total. The van der Waals surface area contributed by atoms with E-state index in [1.54, 1.807) is 12.5 Å². The third kappa shape index (κ3) is 11.5. The molecule has 3 aromatic rings. The Bertz CT molecular complexity index is 1580. The first-order valence-electron chi connectivity index (χ1n) is 18.6.